The highest BCUT2D eigenvalue weighted by Gasteiger charge is 2.05. The van der Waals surface area contributed by atoms with Gasteiger partial charge in [0.15, 0.2) is 5.75 Å². The molecule has 1 aromatic heterocycles. The molecule has 0 spiro atoms. The molecule has 0 N–H and O–H groups in total. The summed E-state index contributed by atoms with van der Waals surface area (Å²) in [4.78, 5) is 4.28. The molecule has 17 heavy (non-hydrogen) atoms. The van der Waals surface area contributed by atoms with E-state index in [4.69, 9.17) is 10.00 Å². The Hall–Kier alpha value is -2.34. The van der Waals surface area contributed by atoms with Crippen molar-refractivity contribution in [2.45, 2.75) is 6.42 Å². The number of benzene rings is 1. The monoisotopic (exact) mass is 224 g/mol. The molecule has 2 aromatic rings. The minimum atomic E-state index is 0.518. The van der Waals surface area contributed by atoms with E-state index in [2.05, 4.69) is 11.1 Å². The maximum atomic E-state index is 8.98. The molecule has 1 aromatic carbocycles. The molecule has 2 rings (SSSR count). The maximum absolute atomic E-state index is 8.98. The lowest BCUT2D eigenvalue weighted by atomic mass is 10.1. The van der Waals surface area contributed by atoms with Crippen LogP contribution in [0.25, 0.3) is 0 Å². The van der Waals surface area contributed by atoms with Crippen molar-refractivity contribution >= 4 is 0 Å². The fraction of sp³-hybridized carbons (Fsp3) is 0.143. The maximum Gasteiger partial charge on any atom is 0.154 e. The molecule has 0 fully saturated rings. The molecule has 0 aliphatic rings. The summed E-state index contributed by atoms with van der Waals surface area (Å²) < 4.78 is 5.06. The summed E-state index contributed by atoms with van der Waals surface area (Å²) in [5.74, 6) is 0.518. The van der Waals surface area contributed by atoms with Crippen LogP contribution in [0.2, 0.25) is 0 Å². The molecule has 0 bridgehead atoms. The third kappa shape index (κ3) is 2.61. The third-order valence-electron chi connectivity index (χ3n) is 2.49. The van der Waals surface area contributed by atoms with Crippen LogP contribution in [0, 0.1) is 11.3 Å². The van der Waals surface area contributed by atoms with Crippen LogP contribution < -0.4 is 4.74 Å². The highest BCUT2D eigenvalue weighted by Crippen LogP contribution is 2.18. The quantitative estimate of drug-likeness (QED) is 0.804. The lowest BCUT2D eigenvalue weighted by Crippen LogP contribution is -1.96. The van der Waals surface area contributed by atoms with Gasteiger partial charge in [-0.15, -0.1) is 0 Å². The lowest BCUT2D eigenvalue weighted by Gasteiger charge is -2.05. The van der Waals surface area contributed by atoms with Gasteiger partial charge in [0.25, 0.3) is 0 Å². The minimum absolute atomic E-state index is 0.518. The number of pyridine rings is 1. The summed E-state index contributed by atoms with van der Waals surface area (Å²) in [6.45, 7) is 0. The van der Waals surface area contributed by atoms with Crippen molar-refractivity contribution in [2.24, 2.45) is 0 Å². The molecule has 0 radical (unpaired) electrons. The Morgan fingerprint density at radius 1 is 1.29 bits per heavy atom. The normalized spacial score (nSPS) is 9.65. The van der Waals surface area contributed by atoms with Crippen LogP contribution in [0.5, 0.6) is 5.75 Å². The van der Waals surface area contributed by atoms with Crippen molar-refractivity contribution < 1.29 is 4.74 Å². The molecule has 3 nitrogen and oxygen atoms in total. The Bertz CT molecular complexity index is 544. The molecular weight excluding hydrogens is 212 g/mol. The second-order valence-corrected chi connectivity index (χ2v) is 3.65. The van der Waals surface area contributed by atoms with Gasteiger partial charge in [0.1, 0.15) is 6.07 Å². The first-order valence-electron chi connectivity index (χ1n) is 5.30. The van der Waals surface area contributed by atoms with Crippen LogP contribution in [-0.2, 0) is 6.42 Å². The smallest absolute Gasteiger partial charge is 0.154 e. The van der Waals surface area contributed by atoms with Crippen molar-refractivity contribution in [1.82, 2.24) is 4.98 Å². The van der Waals surface area contributed by atoms with E-state index in [0.29, 0.717) is 11.3 Å². The predicted molar refractivity (Wildman–Crippen MR) is 64.8 cm³/mol. The van der Waals surface area contributed by atoms with Crippen LogP contribution in [0.15, 0.2) is 42.6 Å². The Kier molecular flexibility index (Phi) is 3.37. The number of hydrogen-bond acceptors (Lipinski definition) is 3. The molecule has 0 aliphatic heterocycles. The molecular formula is C14H12N2O. The van der Waals surface area contributed by atoms with Gasteiger partial charge in [-0.2, -0.15) is 5.26 Å². The van der Waals surface area contributed by atoms with E-state index in [1.165, 1.54) is 12.7 Å². The number of methoxy groups -OCH3 is 1. The fourth-order valence-electron chi connectivity index (χ4n) is 1.64. The zero-order chi connectivity index (χ0) is 12.1. The number of nitriles is 1. The SMILES string of the molecule is COc1cnc(Cc2ccccc2)cc1C#N. The van der Waals surface area contributed by atoms with Crippen LogP contribution in [0.3, 0.4) is 0 Å². The average Bonchev–Trinajstić information content (AvgIpc) is 2.40. The van der Waals surface area contributed by atoms with Crippen LogP contribution >= 0.6 is 0 Å². The van der Waals surface area contributed by atoms with Gasteiger partial charge in [-0.3, -0.25) is 4.98 Å². The molecule has 1 heterocycles. The van der Waals surface area contributed by atoms with Gasteiger partial charge in [-0.1, -0.05) is 30.3 Å². The van der Waals surface area contributed by atoms with Gasteiger partial charge >= 0.3 is 0 Å². The van der Waals surface area contributed by atoms with Crippen LogP contribution in [0.1, 0.15) is 16.8 Å². The fourth-order valence-corrected chi connectivity index (χ4v) is 1.64. The third-order valence-corrected chi connectivity index (χ3v) is 2.49. The summed E-state index contributed by atoms with van der Waals surface area (Å²) >= 11 is 0. The summed E-state index contributed by atoms with van der Waals surface area (Å²) in [6, 6.07) is 13.9. The summed E-state index contributed by atoms with van der Waals surface area (Å²) in [7, 11) is 1.54. The Labute approximate surface area is 100 Å². The second-order valence-electron chi connectivity index (χ2n) is 3.65. The first-order valence-corrected chi connectivity index (χ1v) is 5.30. The van der Waals surface area contributed by atoms with Crippen molar-refractivity contribution in [2.75, 3.05) is 7.11 Å². The minimum Gasteiger partial charge on any atom is -0.494 e. The van der Waals surface area contributed by atoms with E-state index in [1.807, 2.05) is 30.3 Å². The average molecular weight is 224 g/mol. The molecule has 0 unspecified atom stereocenters. The first kappa shape index (κ1) is 11.2. The van der Waals surface area contributed by atoms with Gasteiger partial charge in [0.2, 0.25) is 0 Å². The molecule has 0 atom stereocenters. The molecule has 0 saturated heterocycles. The molecule has 0 saturated carbocycles. The Balaban J connectivity index is 2.26. The standard InChI is InChI=1S/C14H12N2O/c1-17-14-10-16-13(8-12(14)9-15)7-11-5-3-2-4-6-11/h2-6,8,10H,7H2,1H3. The molecule has 0 aliphatic carbocycles. The highest BCUT2D eigenvalue weighted by atomic mass is 16.5. The number of ether oxygens (including phenoxy) is 1. The van der Waals surface area contributed by atoms with Gasteiger partial charge in [0, 0.05) is 12.1 Å². The second kappa shape index (κ2) is 5.13. The van der Waals surface area contributed by atoms with Crippen LogP contribution in [0.4, 0.5) is 0 Å². The van der Waals surface area contributed by atoms with E-state index < -0.39 is 0 Å². The van der Waals surface area contributed by atoms with E-state index >= 15 is 0 Å². The number of rotatable bonds is 3. The summed E-state index contributed by atoms with van der Waals surface area (Å²) in [5, 5.41) is 8.98. The predicted octanol–water partition coefficient (Wildman–Crippen LogP) is 2.55. The zero-order valence-electron chi connectivity index (χ0n) is 9.55. The van der Waals surface area contributed by atoms with Crippen LogP contribution in [-0.4, -0.2) is 12.1 Å². The van der Waals surface area contributed by atoms with Crippen molar-refractivity contribution in [1.29, 1.82) is 5.26 Å². The molecule has 0 amide bonds. The number of aromatic nitrogens is 1. The van der Waals surface area contributed by atoms with E-state index in [-0.39, 0.29) is 0 Å². The van der Waals surface area contributed by atoms with E-state index in [0.717, 1.165) is 12.1 Å². The van der Waals surface area contributed by atoms with Crippen molar-refractivity contribution in [3.63, 3.8) is 0 Å². The van der Waals surface area contributed by atoms with Crippen molar-refractivity contribution in [3.8, 4) is 11.8 Å². The largest absolute Gasteiger partial charge is 0.494 e. The lowest BCUT2D eigenvalue weighted by molar-refractivity contribution is 0.411. The Morgan fingerprint density at radius 2 is 2.06 bits per heavy atom. The van der Waals surface area contributed by atoms with Gasteiger partial charge in [-0.25, -0.2) is 0 Å². The first-order chi connectivity index (χ1) is 8.33. The molecule has 84 valence electrons. The Morgan fingerprint density at radius 3 is 2.71 bits per heavy atom. The summed E-state index contributed by atoms with van der Waals surface area (Å²) in [6.07, 6.45) is 2.32. The topological polar surface area (TPSA) is 45.9 Å². The highest BCUT2D eigenvalue weighted by molar-refractivity contribution is 5.42. The number of hydrogen-bond donors (Lipinski definition) is 0. The zero-order valence-corrected chi connectivity index (χ0v) is 9.55. The number of nitrogens with zero attached hydrogens (tertiary/aromatic N) is 2. The van der Waals surface area contributed by atoms with E-state index in [9.17, 15) is 0 Å². The van der Waals surface area contributed by atoms with Gasteiger partial charge in [0.05, 0.1) is 18.9 Å². The van der Waals surface area contributed by atoms with E-state index in [1.54, 1.807) is 12.3 Å². The van der Waals surface area contributed by atoms with Gasteiger partial charge < -0.3 is 4.74 Å². The van der Waals surface area contributed by atoms with Crippen molar-refractivity contribution in [3.05, 3.63) is 59.4 Å². The molecule has 3 heteroatoms. The van der Waals surface area contributed by atoms with Gasteiger partial charge in [-0.05, 0) is 11.6 Å². The summed E-state index contributed by atoms with van der Waals surface area (Å²) in [5.41, 5.74) is 2.57.